The lowest BCUT2D eigenvalue weighted by molar-refractivity contribution is -0.115. The van der Waals surface area contributed by atoms with Crippen LogP contribution >= 0.6 is 0 Å². The molecule has 0 saturated carbocycles. The maximum Gasteiger partial charge on any atom is 0.326 e. The topological polar surface area (TPSA) is 61.4 Å². The predicted octanol–water partition coefficient (Wildman–Crippen LogP) is 5.52. The molecule has 1 heterocycles. The van der Waals surface area contributed by atoms with Crippen molar-refractivity contribution in [2.75, 3.05) is 22.1 Å². The van der Waals surface area contributed by atoms with Crippen LogP contribution in [0.15, 0.2) is 66.7 Å². The average molecular weight is 435 g/mol. The third-order valence-electron chi connectivity index (χ3n) is 5.38. The van der Waals surface area contributed by atoms with E-state index in [1.165, 1.54) is 0 Å². The zero-order valence-corrected chi connectivity index (χ0v) is 17.4. The summed E-state index contributed by atoms with van der Waals surface area (Å²) in [6, 6.07) is 17.5. The van der Waals surface area contributed by atoms with Crippen LogP contribution in [0.3, 0.4) is 0 Å². The van der Waals surface area contributed by atoms with Crippen LogP contribution in [0, 0.1) is 11.6 Å². The zero-order valence-electron chi connectivity index (χ0n) is 17.4. The van der Waals surface area contributed by atoms with Crippen LogP contribution in [-0.2, 0) is 17.6 Å². The number of carbonyl (C=O) groups is 2. The Kier molecular flexibility index (Phi) is 6.44. The lowest BCUT2D eigenvalue weighted by Gasteiger charge is -2.23. The predicted molar refractivity (Wildman–Crippen MR) is 121 cm³/mol. The van der Waals surface area contributed by atoms with Crippen molar-refractivity contribution in [1.82, 2.24) is 0 Å². The molecule has 0 radical (unpaired) electrons. The van der Waals surface area contributed by atoms with Crippen LogP contribution < -0.4 is 15.5 Å². The lowest BCUT2D eigenvalue weighted by atomic mass is 10.1. The number of benzene rings is 3. The molecule has 0 unspecified atom stereocenters. The van der Waals surface area contributed by atoms with Crippen LogP contribution in [0.5, 0.6) is 0 Å². The highest BCUT2D eigenvalue weighted by molar-refractivity contribution is 6.02. The molecule has 0 bridgehead atoms. The molecule has 3 aromatic carbocycles. The monoisotopic (exact) mass is 435 g/mol. The third kappa shape index (κ3) is 5.11. The van der Waals surface area contributed by atoms with Gasteiger partial charge < -0.3 is 10.6 Å². The average Bonchev–Trinajstić information content (AvgIpc) is 3.00. The van der Waals surface area contributed by atoms with Crippen molar-refractivity contribution in [3.63, 3.8) is 0 Å². The van der Waals surface area contributed by atoms with E-state index < -0.39 is 17.5 Å². The molecule has 3 aromatic rings. The number of anilines is 3. The molecular formula is C25H23F2N3O2. The van der Waals surface area contributed by atoms with Gasteiger partial charge in [-0.15, -0.1) is 0 Å². The molecule has 1 aliphatic rings. The fourth-order valence-electron chi connectivity index (χ4n) is 3.77. The molecule has 7 heteroatoms. The van der Waals surface area contributed by atoms with Crippen molar-refractivity contribution >= 4 is 29.0 Å². The van der Waals surface area contributed by atoms with Gasteiger partial charge in [0.05, 0.1) is 12.1 Å². The SMILES string of the molecule is O=C(Cc1ccc(NC(=O)N2CCCCc3ccccc32)cc1)Nc1cc(F)ccc1F. The summed E-state index contributed by atoms with van der Waals surface area (Å²) in [7, 11) is 0. The molecule has 5 nitrogen and oxygen atoms in total. The van der Waals surface area contributed by atoms with Crippen molar-refractivity contribution in [3.05, 3.63) is 89.5 Å². The number of hydrogen-bond acceptors (Lipinski definition) is 2. The molecule has 2 N–H and O–H groups in total. The van der Waals surface area contributed by atoms with Crippen LogP contribution in [0.1, 0.15) is 24.0 Å². The number of nitrogens with one attached hydrogen (secondary N) is 2. The van der Waals surface area contributed by atoms with Gasteiger partial charge in [-0.2, -0.15) is 0 Å². The maximum absolute atomic E-state index is 13.7. The molecule has 164 valence electrons. The summed E-state index contributed by atoms with van der Waals surface area (Å²) in [5.41, 5.74) is 3.18. The number of rotatable bonds is 4. The highest BCUT2D eigenvalue weighted by Crippen LogP contribution is 2.27. The van der Waals surface area contributed by atoms with Gasteiger partial charge in [0.2, 0.25) is 5.91 Å². The van der Waals surface area contributed by atoms with E-state index in [2.05, 4.69) is 16.7 Å². The number of halogens is 2. The van der Waals surface area contributed by atoms with Crippen molar-refractivity contribution in [2.24, 2.45) is 0 Å². The molecule has 0 saturated heterocycles. The number of fused-ring (bicyclic) bond motifs is 1. The number of hydrogen-bond donors (Lipinski definition) is 2. The second-order valence-corrected chi connectivity index (χ2v) is 7.71. The van der Waals surface area contributed by atoms with Crippen molar-refractivity contribution in [1.29, 1.82) is 0 Å². The van der Waals surface area contributed by atoms with E-state index >= 15 is 0 Å². The van der Waals surface area contributed by atoms with E-state index in [0.29, 0.717) is 17.8 Å². The summed E-state index contributed by atoms with van der Waals surface area (Å²) < 4.78 is 26.9. The highest BCUT2D eigenvalue weighted by Gasteiger charge is 2.21. The Hall–Kier alpha value is -3.74. The first-order valence-electron chi connectivity index (χ1n) is 10.5. The molecule has 4 rings (SSSR count). The fourth-order valence-corrected chi connectivity index (χ4v) is 3.77. The smallest absolute Gasteiger partial charge is 0.323 e. The van der Waals surface area contributed by atoms with E-state index in [1.807, 2.05) is 18.2 Å². The maximum atomic E-state index is 13.7. The Morgan fingerprint density at radius 2 is 1.69 bits per heavy atom. The molecule has 0 atom stereocenters. The van der Waals surface area contributed by atoms with Crippen LogP contribution in [-0.4, -0.2) is 18.5 Å². The van der Waals surface area contributed by atoms with Crippen LogP contribution in [0.25, 0.3) is 0 Å². The minimum absolute atomic E-state index is 0.0102. The Bertz CT molecular complexity index is 1130. The first kappa shape index (κ1) is 21.5. The summed E-state index contributed by atoms with van der Waals surface area (Å²) in [5.74, 6) is -1.80. The number of amides is 3. The number of aryl methyl sites for hydroxylation is 1. The molecule has 0 fully saturated rings. The van der Waals surface area contributed by atoms with Gasteiger partial charge in [0.1, 0.15) is 11.6 Å². The zero-order chi connectivity index (χ0) is 22.5. The normalized spacial score (nSPS) is 13.1. The summed E-state index contributed by atoms with van der Waals surface area (Å²) in [6.45, 7) is 0.651. The Balaban J connectivity index is 1.38. The standard InChI is InChI=1S/C25H23F2N3O2/c26-19-10-13-21(27)22(16-19)29-24(31)15-17-8-11-20(12-9-17)28-25(32)30-14-4-3-6-18-5-1-2-7-23(18)30/h1-2,5,7-13,16H,3-4,6,14-15H2,(H,28,32)(H,29,31). The molecule has 32 heavy (non-hydrogen) atoms. The Morgan fingerprint density at radius 1 is 0.906 bits per heavy atom. The van der Waals surface area contributed by atoms with Gasteiger partial charge in [0.25, 0.3) is 0 Å². The van der Waals surface area contributed by atoms with Gasteiger partial charge in [-0.25, -0.2) is 13.6 Å². The fraction of sp³-hybridized carbons (Fsp3) is 0.200. The number of urea groups is 1. The highest BCUT2D eigenvalue weighted by atomic mass is 19.1. The van der Waals surface area contributed by atoms with Gasteiger partial charge >= 0.3 is 6.03 Å². The summed E-state index contributed by atoms with van der Waals surface area (Å²) in [6.07, 6.45) is 2.92. The number of nitrogens with zero attached hydrogens (tertiary/aromatic N) is 1. The molecular weight excluding hydrogens is 412 g/mol. The molecule has 0 aliphatic carbocycles. The minimum atomic E-state index is -0.701. The van der Waals surface area contributed by atoms with E-state index in [1.54, 1.807) is 29.2 Å². The molecule has 3 amide bonds. The van der Waals surface area contributed by atoms with Gasteiger partial charge in [0.15, 0.2) is 0 Å². The first-order valence-corrected chi connectivity index (χ1v) is 10.5. The van der Waals surface area contributed by atoms with Crippen LogP contribution in [0.4, 0.5) is 30.6 Å². The van der Waals surface area contributed by atoms with Crippen molar-refractivity contribution in [2.45, 2.75) is 25.7 Å². The quantitative estimate of drug-likeness (QED) is 0.567. The lowest BCUT2D eigenvalue weighted by Crippen LogP contribution is -2.35. The largest absolute Gasteiger partial charge is 0.326 e. The van der Waals surface area contributed by atoms with Gasteiger partial charge in [-0.3, -0.25) is 9.69 Å². The number of para-hydroxylation sites is 1. The van der Waals surface area contributed by atoms with E-state index in [4.69, 9.17) is 0 Å². The molecule has 0 spiro atoms. The summed E-state index contributed by atoms with van der Waals surface area (Å²) in [4.78, 5) is 26.8. The second-order valence-electron chi connectivity index (χ2n) is 7.71. The third-order valence-corrected chi connectivity index (χ3v) is 5.38. The Morgan fingerprint density at radius 3 is 2.50 bits per heavy atom. The first-order chi connectivity index (χ1) is 15.5. The van der Waals surface area contributed by atoms with Gasteiger partial charge in [0, 0.05) is 24.0 Å². The minimum Gasteiger partial charge on any atom is -0.323 e. The van der Waals surface area contributed by atoms with Gasteiger partial charge in [-0.05, 0) is 60.7 Å². The molecule has 1 aliphatic heterocycles. The van der Waals surface area contributed by atoms with E-state index in [0.717, 1.165) is 48.7 Å². The van der Waals surface area contributed by atoms with Crippen molar-refractivity contribution < 1.29 is 18.4 Å². The Labute approximate surface area is 185 Å². The van der Waals surface area contributed by atoms with Crippen molar-refractivity contribution in [3.8, 4) is 0 Å². The molecule has 0 aromatic heterocycles. The van der Waals surface area contributed by atoms with E-state index in [9.17, 15) is 18.4 Å². The van der Waals surface area contributed by atoms with E-state index in [-0.39, 0.29) is 18.1 Å². The number of carbonyl (C=O) groups excluding carboxylic acids is 2. The van der Waals surface area contributed by atoms with Gasteiger partial charge in [-0.1, -0.05) is 30.3 Å². The summed E-state index contributed by atoms with van der Waals surface area (Å²) >= 11 is 0. The van der Waals surface area contributed by atoms with Crippen LogP contribution in [0.2, 0.25) is 0 Å². The summed E-state index contributed by atoms with van der Waals surface area (Å²) in [5, 5.41) is 5.28. The second kappa shape index (κ2) is 9.60.